The summed E-state index contributed by atoms with van der Waals surface area (Å²) in [6.07, 6.45) is 3.27. The summed E-state index contributed by atoms with van der Waals surface area (Å²) in [5, 5.41) is 12.5. The summed E-state index contributed by atoms with van der Waals surface area (Å²) in [5.74, 6) is 0. The molecule has 86 valence electrons. The van der Waals surface area contributed by atoms with Gasteiger partial charge in [0.2, 0.25) is 0 Å². The van der Waals surface area contributed by atoms with E-state index in [-0.39, 0.29) is 6.03 Å². The Hall–Kier alpha value is -0.810. The molecule has 2 atom stereocenters. The number of carbonyl (C=O) groups is 1. The zero-order chi connectivity index (χ0) is 10.5. The second-order valence-electron chi connectivity index (χ2n) is 4.35. The number of rotatable bonds is 2. The lowest BCUT2D eigenvalue weighted by Gasteiger charge is -2.24. The first kappa shape index (κ1) is 10.7. The maximum atomic E-state index is 11.6. The van der Waals surface area contributed by atoms with Gasteiger partial charge in [0.1, 0.15) is 0 Å². The van der Waals surface area contributed by atoms with Crippen molar-refractivity contribution in [3.63, 3.8) is 0 Å². The van der Waals surface area contributed by atoms with Gasteiger partial charge in [-0.1, -0.05) is 0 Å². The van der Waals surface area contributed by atoms with Crippen LogP contribution >= 0.6 is 0 Å². The van der Waals surface area contributed by atoms with E-state index in [2.05, 4.69) is 21.3 Å². The molecule has 0 saturated carbocycles. The Kier molecular flexibility index (Phi) is 3.80. The van der Waals surface area contributed by atoms with Gasteiger partial charge in [-0.25, -0.2) is 4.79 Å². The maximum Gasteiger partial charge on any atom is 0.315 e. The lowest BCUT2D eigenvalue weighted by atomic mass is 10.1. The standard InChI is InChI=1S/C10H20N4O/c15-10(14-9-3-5-12-7-9)13-8-2-1-4-11-6-8/h8-9,11-12H,1-7H2,(H2,13,14,15). The van der Waals surface area contributed by atoms with Crippen LogP contribution in [0.2, 0.25) is 0 Å². The van der Waals surface area contributed by atoms with E-state index in [0.717, 1.165) is 45.4 Å². The molecular formula is C10H20N4O. The van der Waals surface area contributed by atoms with Crippen LogP contribution < -0.4 is 21.3 Å². The summed E-state index contributed by atoms with van der Waals surface area (Å²) in [7, 11) is 0. The quantitative estimate of drug-likeness (QED) is 0.494. The van der Waals surface area contributed by atoms with Gasteiger partial charge in [-0.3, -0.25) is 0 Å². The molecule has 2 amide bonds. The average molecular weight is 212 g/mol. The summed E-state index contributed by atoms with van der Waals surface area (Å²) in [5.41, 5.74) is 0. The van der Waals surface area contributed by atoms with E-state index in [9.17, 15) is 4.79 Å². The van der Waals surface area contributed by atoms with Crippen molar-refractivity contribution in [2.24, 2.45) is 0 Å². The molecule has 2 aliphatic rings. The van der Waals surface area contributed by atoms with Crippen molar-refractivity contribution in [3.8, 4) is 0 Å². The van der Waals surface area contributed by atoms with Crippen LogP contribution in [-0.2, 0) is 0 Å². The van der Waals surface area contributed by atoms with Gasteiger partial charge < -0.3 is 21.3 Å². The monoisotopic (exact) mass is 212 g/mol. The first-order valence-corrected chi connectivity index (χ1v) is 5.83. The first-order valence-electron chi connectivity index (χ1n) is 5.83. The van der Waals surface area contributed by atoms with Crippen LogP contribution in [0.25, 0.3) is 0 Å². The molecule has 0 spiro atoms. The van der Waals surface area contributed by atoms with Crippen molar-refractivity contribution in [2.45, 2.75) is 31.3 Å². The van der Waals surface area contributed by atoms with Crippen molar-refractivity contribution >= 4 is 6.03 Å². The zero-order valence-electron chi connectivity index (χ0n) is 9.01. The summed E-state index contributed by atoms with van der Waals surface area (Å²) in [6.45, 7) is 3.88. The highest BCUT2D eigenvalue weighted by Gasteiger charge is 2.19. The Labute approximate surface area is 90.4 Å². The molecule has 2 aliphatic heterocycles. The van der Waals surface area contributed by atoms with Gasteiger partial charge in [-0.2, -0.15) is 0 Å². The molecule has 2 fully saturated rings. The highest BCUT2D eigenvalue weighted by Crippen LogP contribution is 2.01. The molecule has 2 rings (SSSR count). The maximum absolute atomic E-state index is 11.6. The van der Waals surface area contributed by atoms with Crippen molar-refractivity contribution in [2.75, 3.05) is 26.2 Å². The van der Waals surface area contributed by atoms with Crippen molar-refractivity contribution < 1.29 is 4.79 Å². The van der Waals surface area contributed by atoms with E-state index in [1.54, 1.807) is 0 Å². The molecule has 0 aliphatic carbocycles. The number of nitrogens with one attached hydrogen (secondary N) is 4. The van der Waals surface area contributed by atoms with Gasteiger partial charge in [0.25, 0.3) is 0 Å². The van der Waals surface area contributed by atoms with Crippen LogP contribution in [0.4, 0.5) is 4.79 Å². The van der Waals surface area contributed by atoms with Crippen LogP contribution in [0.15, 0.2) is 0 Å². The molecule has 0 radical (unpaired) electrons. The lowest BCUT2D eigenvalue weighted by molar-refractivity contribution is 0.230. The van der Waals surface area contributed by atoms with E-state index in [1.165, 1.54) is 0 Å². The van der Waals surface area contributed by atoms with E-state index >= 15 is 0 Å². The van der Waals surface area contributed by atoms with Gasteiger partial charge in [0.15, 0.2) is 0 Å². The largest absolute Gasteiger partial charge is 0.334 e. The summed E-state index contributed by atoms with van der Waals surface area (Å²) < 4.78 is 0. The predicted molar refractivity (Wildman–Crippen MR) is 58.8 cm³/mol. The van der Waals surface area contributed by atoms with Crippen LogP contribution in [-0.4, -0.2) is 44.3 Å². The fourth-order valence-corrected chi connectivity index (χ4v) is 2.17. The van der Waals surface area contributed by atoms with E-state index in [4.69, 9.17) is 0 Å². The van der Waals surface area contributed by atoms with Crippen LogP contribution in [0.1, 0.15) is 19.3 Å². The van der Waals surface area contributed by atoms with Crippen molar-refractivity contribution in [1.29, 1.82) is 0 Å². The third kappa shape index (κ3) is 3.35. The molecule has 0 aromatic carbocycles. The van der Waals surface area contributed by atoms with Crippen LogP contribution in [0.5, 0.6) is 0 Å². The molecule has 2 unspecified atom stereocenters. The van der Waals surface area contributed by atoms with Gasteiger partial charge in [-0.15, -0.1) is 0 Å². The Balaban J connectivity index is 1.66. The smallest absolute Gasteiger partial charge is 0.315 e. The van der Waals surface area contributed by atoms with Gasteiger partial charge >= 0.3 is 6.03 Å². The topological polar surface area (TPSA) is 65.2 Å². The van der Waals surface area contributed by atoms with E-state index in [0.29, 0.717) is 12.1 Å². The fourth-order valence-electron chi connectivity index (χ4n) is 2.17. The molecule has 5 nitrogen and oxygen atoms in total. The third-order valence-electron chi connectivity index (χ3n) is 3.03. The Bertz CT molecular complexity index is 209. The molecule has 0 aromatic rings. The molecule has 15 heavy (non-hydrogen) atoms. The molecule has 2 saturated heterocycles. The first-order chi connectivity index (χ1) is 7.34. The summed E-state index contributed by atoms with van der Waals surface area (Å²) in [4.78, 5) is 11.6. The predicted octanol–water partition coefficient (Wildman–Crippen LogP) is -0.600. The molecule has 0 bridgehead atoms. The molecular weight excluding hydrogens is 192 g/mol. The average Bonchev–Trinajstić information content (AvgIpc) is 2.71. The Morgan fingerprint density at radius 1 is 1.00 bits per heavy atom. The number of hydrogen-bond acceptors (Lipinski definition) is 3. The van der Waals surface area contributed by atoms with E-state index in [1.807, 2.05) is 0 Å². The minimum Gasteiger partial charge on any atom is -0.334 e. The summed E-state index contributed by atoms with van der Waals surface area (Å²) in [6, 6.07) is 0.590. The second kappa shape index (κ2) is 5.32. The van der Waals surface area contributed by atoms with Gasteiger partial charge in [0.05, 0.1) is 0 Å². The number of carbonyl (C=O) groups excluding carboxylic acids is 1. The SMILES string of the molecule is O=C(NC1CCCNC1)NC1CCNC1. The minimum atomic E-state index is -0.0163. The lowest BCUT2D eigenvalue weighted by Crippen LogP contribution is -2.51. The highest BCUT2D eigenvalue weighted by molar-refractivity contribution is 5.74. The molecule has 5 heteroatoms. The molecule has 4 N–H and O–H groups in total. The zero-order valence-corrected chi connectivity index (χ0v) is 9.01. The van der Waals surface area contributed by atoms with Gasteiger partial charge in [-0.05, 0) is 32.4 Å². The number of urea groups is 1. The van der Waals surface area contributed by atoms with Crippen LogP contribution in [0.3, 0.4) is 0 Å². The number of piperidine rings is 1. The number of hydrogen-bond donors (Lipinski definition) is 4. The molecule has 2 heterocycles. The van der Waals surface area contributed by atoms with Crippen molar-refractivity contribution in [3.05, 3.63) is 0 Å². The van der Waals surface area contributed by atoms with Gasteiger partial charge in [0, 0.05) is 25.2 Å². The van der Waals surface area contributed by atoms with Crippen LogP contribution in [0, 0.1) is 0 Å². The second-order valence-corrected chi connectivity index (χ2v) is 4.35. The number of amides is 2. The summed E-state index contributed by atoms with van der Waals surface area (Å²) >= 11 is 0. The minimum absolute atomic E-state index is 0.0163. The van der Waals surface area contributed by atoms with Crippen molar-refractivity contribution in [1.82, 2.24) is 21.3 Å². The normalized spacial score (nSPS) is 31.2. The highest BCUT2D eigenvalue weighted by atomic mass is 16.2. The molecule has 0 aromatic heterocycles. The fraction of sp³-hybridized carbons (Fsp3) is 0.900. The Morgan fingerprint density at radius 3 is 2.27 bits per heavy atom. The Morgan fingerprint density at radius 2 is 1.67 bits per heavy atom. The third-order valence-corrected chi connectivity index (χ3v) is 3.03. The van der Waals surface area contributed by atoms with E-state index < -0.39 is 0 Å².